The van der Waals surface area contributed by atoms with Crippen molar-refractivity contribution < 1.29 is 19.5 Å². The molecule has 12 heteroatoms. The number of aromatic nitrogens is 2. The van der Waals surface area contributed by atoms with E-state index in [2.05, 4.69) is 20.1 Å². The summed E-state index contributed by atoms with van der Waals surface area (Å²) in [6, 6.07) is 4.73. The molecule has 3 rings (SSSR count). The van der Waals surface area contributed by atoms with Gasteiger partial charge in [0.2, 0.25) is 5.84 Å². The van der Waals surface area contributed by atoms with E-state index in [1.165, 1.54) is 13.2 Å². The van der Waals surface area contributed by atoms with Gasteiger partial charge in [-0.1, -0.05) is 5.16 Å². The summed E-state index contributed by atoms with van der Waals surface area (Å²) >= 11 is 0. The summed E-state index contributed by atoms with van der Waals surface area (Å²) < 4.78 is 9.59. The Labute approximate surface area is 147 Å². The number of hydrogen-bond donors (Lipinski definition) is 2. The number of nitrogens with zero attached hydrogens (tertiary/aromatic N) is 6. The predicted molar refractivity (Wildman–Crippen MR) is 90.5 cm³/mol. The zero-order valence-corrected chi connectivity index (χ0v) is 13.9. The molecule has 0 saturated carbocycles. The van der Waals surface area contributed by atoms with Gasteiger partial charge in [-0.2, -0.15) is 0 Å². The maximum atomic E-state index is 11.4. The van der Waals surface area contributed by atoms with E-state index in [0.717, 1.165) is 0 Å². The van der Waals surface area contributed by atoms with Crippen molar-refractivity contribution in [1.82, 2.24) is 15.2 Å². The molecule has 0 radical (unpaired) electrons. The molecule has 0 unspecified atom stereocenters. The van der Waals surface area contributed by atoms with E-state index >= 15 is 0 Å². The predicted octanol–water partition coefficient (Wildman–Crippen LogP) is 0.527. The number of anilines is 2. The molecule has 1 aliphatic rings. The molecule has 1 aromatic heterocycles. The summed E-state index contributed by atoms with van der Waals surface area (Å²) in [5.74, 6) is 0.585. The first-order valence-electron chi connectivity index (χ1n) is 7.68. The number of nitrogen functional groups attached to an aromatic ring is 1. The van der Waals surface area contributed by atoms with Crippen molar-refractivity contribution >= 4 is 23.0 Å². The van der Waals surface area contributed by atoms with Crippen LogP contribution in [-0.2, 0) is 0 Å². The molecular weight excluding hydrogens is 346 g/mol. The van der Waals surface area contributed by atoms with Gasteiger partial charge < -0.3 is 25.5 Å². The number of nitro groups is 1. The van der Waals surface area contributed by atoms with Gasteiger partial charge in [0.15, 0.2) is 11.5 Å². The van der Waals surface area contributed by atoms with Gasteiger partial charge in [0.25, 0.3) is 5.69 Å². The Kier molecular flexibility index (Phi) is 4.73. The fourth-order valence-corrected chi connectivity index (χ4v) is 2.81. The van der Waals surface area contributed by atoms with Crippen molar-refractivity contribution in [3.8, 4) is 5.75 Å². The van der Waals surface area contributed by atoms with Crippen LogP contribution in [0, 0.1) is 10.1 Å². The van der Waals surface area contributed by atoms with Crippen molar-refractivity contribution in [2.45, 2.75) is 0 Å². The number of hydrogen-bond acceptors (Lipinski definition) is 10. The average molecular weight is 363 g/mol. The lowest BCUT2D eigenvalue weighted by atomic mass is 10.2. The molecular formula is C14H17N7O5. The van der Waals surface area contributed by atoms with Crippen LogP contribution >= 0.6 is 0 Å². The lowest BCUT2D eigenvalue weighted by molar-refractivity contribution is -0.384. The lowest BCUT2D eigenvalue weighted by Crippen LogP contribution is -2.49. The van der Waals surface area contributed by atoms with Crippen molar-refractivity contribution in [3.05, 3.63) is 34.0 Å². The number of ether oxygens (including phenoxy) is 1. The molecule has 1 aromatic carbocycles. The molecule has 1 aliphatic heterocycles. The van der Waals surface area contributed by atoms with Crippen molar-refractivity contribution in [3.63, 3.8) is 0 Å². The maximum absolute atomic E-state index is 11.4. The van der Waals surface area contributed by atoms with Crippen LogP contribution in [0.15, 0.2) is 28.0 Å². The number of nitrogens with two attached hydrogens (primary N) is 1. The van der Waals surface area contributed by atoms with Crippen molar-refractivity contribution in [1.29, 1.82) is 0 Å². The Morgan fingerprint density at radius 1 is 1.38 bits per heavy atom. The van der Waals surface area contributed by atoms with Crippen LogP contribution < -0.4 is 15.4 Å². The van der Waals surface area contributed by atoms with Crippen molar-refractivity contribution in [2.75, 3.05) is 43.9 Å². The zero-order valence-electron chi connectivity index (χ0n) is 13.9. The van der Waals surface area contributed by atoms with Crippen LogP contribution in [0.5, 0.6) is 5.75 Å². The molecule has 0 aliphatic carbocycles. The normalized spacial score (nSPS) is 15.2. The highest BCUT2D eigenvalue weighted by Gasteiger charge is 2.28. The first-order valence-corrected chi connectivity index (χ1v) is 7.68. The number of methoxy groups -OCH3 is 1. The second-order valence-electron chi connectivity index (χ2n) is 5.51. The minimum atomic E-state index is -0.438. The van der Waals surface area contributed by atoms with Crippen LogP contribution in [-0.4, -0.2) is 64.5 Å². The Balaban J connectivity index is 1.77. The SMILES string of the molecule is COc1ccc(N2CCN(/C(=N\O)c3nonc3N)CC2)c([N+](=O)[O-])c1. The number of piperazine rings is 1. The van der Waals surface area contributed by atoms with Gasteiger partial charge in [0.05, 0.1) is 18.1 Å². The topological polar surface area (TPSA) is 156 Å². The van der Waals surface area contributed by atoms with E-state index in [-0.39, 0.29) is 23.0 Å². The number of amidine groups is 1. The molecule has 2 aromatic rings. The standard InChI is InChI=1S/C14H17N7O5/c1-25-9-2-3-10(11(8-9)21(23)24)19-4-6-20(7-5-19)14(16-22)12-13(15)18-26-17-12/h2-3,8,22H,4-7H2,1H3,(H2,15,18)/b16-14-. The van der Waals surface area contributed by atoms with E-state index in [1.807, 2.05) is 4.90 Å². The second-order valence-corrected chi connectivity index (χ2v) is 5.51. The maximum Gasteiger partial charge on any atom is 0.296 e. The van der Waals surface area contributed by atoms with E-state index in [9.17, 15) is 15.3 Å². The minimum Gasteiger partial charge on any atom is -0.496 e. The van der Waals surface area contributed by atoms with Crippen molar-refractivity contribution in [2.24, 2.45) is 5.16 Å². The molecule has 26 heavy (non-hydrogen) atoms. The summed E-state index contributed by atoms with van der Waals surface area (Å²) in [6.45, 7) is 1.82. The van der Waals surface area contributed by atoms with Crippen LogP contribution in [0.1, 0.15) is 5.69 Å². The fourth-order valence-electron chi connectivity index (χ4n) is 2.81. The number of benzene rings is 1. The van der Waals surface area contributed by atoms with Crippen LogP contribution in [0.2, 0.25) is 0 Å². The molecule has 0 atom stereocenters. The average Bonchev–Trinajstić information content (AvgIpc) is 3.08. The summed E-state index contributed by atoms with van der Waals surface area (Å²) in [4.78, 5) is 14.6. The first-order chi connectivity index (χ1) is 12.5. The van der Waals surface area contributed by atoms with Gasteiger partial charge in [-0.05, 0) is 22.4 Å². The highest BCUT2D eigenvalue weighted by Crippen LogP contribution is 2.32. The molecule has 0 bridgehead atoms. The van der Waals surface area contributed by atoms with Gasteiger partial charge >= 0.3 is 0 Å². The van der Waals surface area contributed by atoms with E-state index in [0.29, 0.717) is 37.6 Å². The van der Waals surface area contributed by atoms with Gasteiger partial charge in [-0.25, -0.2) is 4.63 Å². The molecule has 12 nitrogen and oxygen atoms in total. The molecule has 1 fully saturated rings. The smallest absolute Gasteiger partial charge is 0.296 e. The third-order valence-electron chi connectivity index (χ3n) is 4.12. The van der Waals surface area contributed by atoms with Crippen LogP contribution in [0.4, 0.5) is 17.2 Å². The third-order valence-corrected chi connectivity index (χ3v) is 4.12. The molecule has 138 valence electrons. The lowest BCUT2D eigenvalue weighted by Gasteiger charge is -2.36. The molecule has 1 saturated heterocycles. The number of rotatable bonds is 4. The molecule has 0 amide bonds. The molecule has 2 heterocycles. The fraction of sp³-hybridized carbons (Fsp3) is 0.357. The Morgan fingerprint density at radius 3 is 2.65 bits per heavy atom. The zero-order chi connectivity index (χ0) is 18.7. The van der Waals surface area contributed by atoms with Gasteiger partial charge in [0.1, 0.15) is 11.4 Å². The minimum absolute atomic E-state index is 0.0195. The molecule has 0 spiro atoms. The summed E-state index contributed by atoms with van der Waals surface area (Å²) in [5.41, 5.74) is 6.26. The van der Waals surface area contributed by atoms with Gasteiger partial charge in [-0.3, -0.25) is 10.1 Å². The van der Waals surface area contributed by atoms with E-state index < -0.39 is 4.92 Å². The van der Waals surface area contributed by atoms with Gasteiger partial charge in [-0.15, -0.1) is 0 Å². The summed E-state index contributed by atoms with van der Waals surface area (Å²) in [5, 5.41) is 31.0. The monoisotopic (exact) mass is 363 g/mol. The Morgan fingerprint density at radius 2 is 2.12 bits per heavy atom. The van der Waals surface area contributed by atoms with E-state index in [4.69, 9.17) is 10.5 Å². The van der Waals surface area contributed by atoms with E-state index in [1.54, 1.807) is 17.0 Å². The highest BCUT2D eigenvalue weighted by molar-refractivity contribution is 6.00. The van der Waals surface area contributed by atoms with Crippen LogP contribution in [0.25, 0.3) is 0 Å². The summed E-state index contributed by atoms with van der Waals surface area (Å²) in [6.07, 6.45) is 0. The first kappa shape index (κ1) is 17.3. The van der Waals surface area contributed by atoms with Crippen LogP contribution in [0.3, 0.4) is 0 Å². The summed E-state index contributed by atoms with van der Waals surface area (Å²) in [7, 11) is 1.46. The Bertz CT molecular complexity index is 829. The third kappa shape index (κ3) is 3.16. The highest BCUT2D eigenvalue weighted by atomic mass is 16.6. The number of oxime groups is 1. The number of nitro benzene ring substituents is 1. The second kappa shape index (κ2) is 7.13. The molecule has 3 N–H and O–H groups in total. The quantitative estimate of drug-likeness (QED) is 0.258. The Hall–Kier alpha value is -3.57. The van der Waals surface area contributed by atoms with Gasteiger partial charge in [0, 0.05) is 26.2 Å². The largest absolute Gasteiger partial charge is 0.496 e.